The third-order valence-electron chi connectivity index (χ3n) is 5.90. The predicted molar refractivity (Wildman–Crippen MR) is 118 cm³/mol. The normalized spacial score (nSPS) is 17.7. The summed E-state index contributed by atoms with van der Waals surface area (Å²) in [6, 6.07) is 7.14. The first-order valence-corrected chi connectivity index (χ1v) is 12.2. The fourth-order valence-electron chi connectivity index (χ4n) is 4.13. The van der Waals surface area contributed by atoms with Gasteiger partial charge in [0.2, 0.25) is 21.2 Å². The highest BCUT2D eigenvalue weighted by atomic mass is 32.2. The topological polar surface area (TPSA) is 151 Å². The first-order chi connectivity index (χ1) is 14.8. The van der Waals surface area contributed by atoms with Gasteiger partial charge in [0, 0.05) is 38.3 Å². The second-order valence-electron chi connectivity index (χ2n) is 8.28. The molecule has 0 aliphatic carbocycles. The highest BCUT2D eigenvalue weighted by Crippen LogP contribution is 2.26. The zero-order valence-electron chi connectivity index (χ0n) is 18.0. The van der Waals surface area contributed by atoms with Crippen molar-refractivity contribution in [1.82, 2.24) is 9.21 Å². The van der Waals surface area contributed by atoms with Crippen molar-refractivity contribution in [2.24, 2.45) is 5.92 Å². The average molecular weight is 468 g/mol. The largest absolute Gasteiger partial charge is 0.630 e. The van der Waals surface area contributed by atoms with Gasteiger partial charge in [-0.3, -0.25) is 9.69 Å². The molecular weight excluding hydrogens is 438 g/mol. The van der Waals surface area contributed by atoms with Gasteiger partial charge >= 0.3 is 0 Å². The van der Waals surface area contributed by atoms with E-state index in [1.165, 1.54) is 28.5 Å². The summed E-state index contributed by atoms with van der Waals surface area (Å²) in [4.78, 5) is 14.6. The van der Waals surface area contributed by atoms with E-state index in [0.717, 1.165) is 17.6 Å². The van der Waals surface area contributed by atoms with E-state index in [0.29, 0.717) is 57.1 Å². The molecule has 1 saturated heterocycles. The number of quaternary nitrogens is 1. The molecule has 2 aliphatic heterocycles. The molecule has 0 unspecified atom stereocenters. The van der Waals surface area contributed by atoms with Crippen molar-refractivity contribution in [2.75, 3.05) is 26.0 Å². The Balaban J connectivity index is 0.00000289. The molecule has 2 aliphatic rings. The molecule has 10 nitrogen and oxygen atoms in total. The molecular formula is C21H29N3O7S. The number of nitrogens with two attached hydrogens (primary N) is 1. The first kappa shape index (κ1) is 24.4. The SMILES string of the molecule is CS(=O)(=O)N1CCC(COc2coc(CN3Cc4ccc([NH2+][O-])cc4C3)cc2=O)CC1.O. The summed E-state index contributed by atoms with van der Waals surface area (Å²) in [6.07, 6.45) is 3.99. The van der Waals surface area contributed by atoms with Crippen LogP contribution in [0.15, 0.2) is 39.7 Å². The maximum atomic E-state index is 12.4. The molecule has 32 heavy (non-hydrogen) atoms. The van der Waals surface area contributed by atoms with Crippen molar-refractivity contribution in [2.45, 2.75) is 32.5 Å². The van der Waals surface area contributed by atoms with Gasteiger partial charge in [0.25, 0.3) is 0 Å². The highest BCUT2D eigenvalue weighted by Gasteiger charge is 2.25. The van der Waals surface area contributed by atoms with Crippen LogP contribution in [-0.4, -0.2) is 49.1 Å². The van der Waals surface area contributed by atoms with Crippen molar-refractivity contribution < 1.29 is 28.5 Å². The van der Waals surface area contributed by atoms with Gasteiger partial charge in [-0.15, -0.1) is 0 Å². The van der Waals surface area contributed by atoms with Gasteiger partial charge in [-0.2, -0.15) is 0 Å². The van der Waals surface area contributed by atoms with Gasteiger partial charge in [-0.1, -0.05) is 6.07 Å². The van der Waals surface area contributed by atoms with Gasteiger partial charge in [0.15, 0.2) is 0 Å². The molecule has 4 N–H and O–H groups in total. The number of hydrogen-bond acceptors (Lipinski definition) is 7. The number of hydrogen-bond donors (Lipinski definition) is 1. The van der Waals surface area contributed by atoms with Crippen LogP contribution in [0.1, 0.15) is 29.7 Å². The van der Waals surface area contributed by atoms with Gasteiger partial charge in [0.1, 0.15) is 17.7 Å². The minimum atomic E-state index is -3.15. The standard InChI is InChI=1S/C21H27N3O6S.H2O/c1-31(27,28)24-6-4-15(5-7-24)13-30-21-14-29-19(9-20(21)25)12-23-10-16-2-3-18(22-26)8-17(16)11-23;/h2-3,8-9,14-15H,4-7,10-13,22H2,1H3;1H2. The molecule has 0 bridgehead atoms. The van der Waals surface area contributed by atoms with Crippen molar-refractivity contribution in [1.29, 1.82) is 0 Å². The lowest BCUT2D eigenvalue weighted by atomic mass is 9.99. The smallest absolute Gasteiger partial charge is 0.227 e. The van der Waals surface area contributed by atoms with Gasteiger partial charge in [0.05, 0.1) is 19.4 Å². The lowest BCUT2D eigenvalue weighted by Crippen LogP contribution is -2.70. The molecule has 1 aromatic heterocycles. The van der Waals surface area contributed by atoms with E-state index >= 15 is 0 Å². The maximum absolute atomic E-state index is 12.4. The fourth-order valence-corrected chi connectivity index (χ4v) is 5.01. The van der Waals surface area contributed by atoms with Crippen LogP contribution < -0.4 is 15.6 Å². The monoisotopic (exact) mass is 467 g/mol. The van der Waals surface area contributed by atoms with E-state index in [9.17, 15) is 18.4 Å². The summed E-state index contributed by atoms with van der Waals surface area (Å²) in [6.45, 7) is 3.25. The number of nitrogens with zero attached hydrogens (tertiary/aromatic N) is 2. The van der Waals surface area contributed by atoms with E-state index in [1.807, 2.05) is 18.2 Å². The number of ether oxygens (including phenoxy) is 1. The molecule has 4 rings (SSSR count). The van der Waals surface area contributed by atoms with Gasteiger partial charge in [-0.05, 0) is 36.0 Å². The van der Waals surface area contributed by atoms with Crippen LogP contribution in [0.5, 0.6) is 5.75 Å². The molecule has 0 atom stereocenters. The Morgan fingerprint density at radius 3 is 2.56 bits per heavy atom. The van der Waals surface area contributed by atoms with Crippen LogP contribution in [-0.2, 0) is 29.7 Å². The summed E-state index contributed by atoms with van der Waals surface area (Å²) in [5, 5.41) is 11.0. The lowest BCUT2D eigenvalue weighted by Gasteiger charge is -2.29. The third-order valence-corrected chi connectivity index (χ3v) is 7.21. The fraction of sp³-hybridized carbons (Fsp3) is 0.476. The number of piperidine rings is 1. The minimum absolute atomic E-state index is 0. The van der Waals surface area contributed by atoms with Crippen molar-refractivity contribution in [3.8, 4) is 5.75 Å². The summed E-state index contributed by atoms with van der Waals surface area (Å²) >= 11 is 0. The van der Waals surface area contributed by atoms with E-state index in [2.05, 4.69) is 4.90 Å². The Hall–Kier alpha value is -2.28. The maximum Gasteiger partial charge on any atom is 0.227 e. The Bertz CT molecular complexity index is 1090. The molecule has 0 radical (unpaired) electrons. The van der Waals surface area contributed by atoms with Crippen LogP contribution in [0, 0.1) is 11.1 Å². The summed E-state index contributed by atoms with van der Waals surface area (Å²) < 4.78 is 36.0. The Morgan fingerprint density at radius 2 is 1.91 bits per heavy atom. The quantitative estimate of drug-likeness (QED) is 0.447. The van der Waals surface area contributed by atoms with Gasteiger partial charge in [-0.25, -0.2) is 12.7 Å². The van der Waals surface area contributed by atoms with E-state index in [-0.39, 0.29) is 22.6 Å². The van der Waals surface area contributed by atoms with Gasteiger partial charge < -0.3 is 25.3 Å². The van der Waals surface area contributed by atoms with Crippen LogP contribution in [0.4, 0.5) is 5.69 Å². The predicted octanol–water partition coefficient (Wildman–Crippen LogP) is 0.0740. The van der Waals surface area contributed by atoms with E-state index in [1.54, 1.807) is 0 Å². The molecule has 2 aromatic rings. The van der Waals surface area contributed by atoms with Crippen molar-refractivity contribution in [3.63, 3.8) is 0 Å². The van der Waals surface area contributed by atoms with Crippen LogP contribution in [0.25, 0.3) is 0 Å². The van der Waals surface area contributed by atoms with E-state index < -0.39 is 10.0 Å². The molecule has 0 spiro atoms. The van der Waals surface area contributed by atoms with Crippen LogP contribution >= 0.6 is 0 Å². The zero-order chi connectivity index (χ0) is 22.0. The van der Waals surface area contributed by atoms with Crippen LogP contribution in [0.2, 0.25) is 0 Å². The van der Waals surface area contributed by atoms with Crippen molar-refractivity contribution in [3.05, 3.63) is 62.8 Å². The highest BCUT2D eigenvalue weighted by molar-refractivity contribution is 7.88. The molecule has 11 heteroatoms. The molecule has 3 heterocycles. The number of benzene rings is 1. The number of rotatable bonds is 7. The third kappa shape index (κ3) is 5.74. The molecule has 176 valence electrons. The lowest BCUT2D eigenvalue weighted by molar-refractivity contribution is -0.497. The molecule has 0 saturated carbocycles. The summed E-state index contributed by atoms with van der Waals surface area (Å²) in [5.41, 5.74) is 3.57. The average Bonchev–Trinajstić information content (AvgIpc) is 3.14. The summed E-state index contributed by atoms with van der Waals surface area (Å²) in [7, 11) is -3.15. The minimum Gasteiger partial charge on any atom is -0.630 e. The Labute approximate surface area is 186 Å². The van der Waals surface area contributed by atoms with E-state index in [4.69, 9.17) is 9.15 Å². The second-order valence-corrected chi connectivity index (χ2v) is 10.3. The second kappa shape index (κ2) is 10.1. The molecule has 0 amide bonds. The Morgan fingerprint density at radius 1 is 1.19 bits per heavy atom. The Kier molecular flexibility index (Phi) is 7.70. The molecule has 1 fully saturated rings. The summed E-state index contributed by atoms with van der Waals surface area (Å²) in [5.74, 6) is 0.938. The molecule has 1 aromatic carbocycles. The van der Waals surface area contributed by atoms with Crippen LogP contribution in [0.3, 0.4) is 0 Å². The zero-order valence-corrected chi connectivity index (χ0v) is 18.8. The number of fused-ring (bicyclic) bond motifs is 1. The first-order valence-electron chi connectivity index (χ1n) is 10.3. The van der Waals surface area contributed by atoms with Crippen molar-refractivity contribution >= 4 is 15.7 Å². The number of sulfonamides is 1.